The predicted octanol–water partition coefficient (Wildman–Crippen LogP) is 10.7. The van der Waals surface area contributed by atoms with Crippen LogP contribution in [0.2, 0.25) is 19.6 Å². The maximum Gasteiger partial charge on any atom is 0.364 e. The van der Waals surface area contributed by atoms with Crippen molar-refractivity contribution in [2.75, 3.05) is 0 Å². The van der Waals surface area contributed by atoms with Crippen molar-refractivity contribution in [3.63, 3.8) is 0 Å². The van der Waals surface area contributed by atoms with Gasteiger partial charge in [0.1, 0.15) is 16.8 Å². The first kappa shape index (κ1) is 33.3. The molecular weight excluding hydrogens is 675 g/mol. The number of rotatable bonds is 3. The Hall–Kier alpha value is -5.26. The van der Waals surface area contributed by atoms with Gasteiger partial charge in [-0.25, -0.2) is 0 Å². The molecule has 10 rings (SSSR count). The summed E-state index contributed by atoms with van der Waals surface area (Å²) in [6, 6.07) is 36.7. The van der Waals surface area contributed by atoms with E-state index in [-0.39, 0.29) is 5.41 Å². The average molecular weight is 724 g/mol. The third-order valence-corrected chi connectivity index (χ3v) is 14.1. The molecule has 54 heavy (non-hydrogen) atoms. The fraction of sp³-hybridized carbons (Fsp3) is 0.265. The molecule has 1 unspecified atom stereocenters. The quantitative estimate of drug-likeness (QED) is 0.132. The minimum atomic E-state index is -1.83. The monoisotopic (exact) mass is 723 g/mol. The zero-order valence-corrected chi connectivity index (χ0v) is 34.3. The van der Waals surface area contributed by atoms with Crippen LogP contribution >= 0.6 is 0 Å². The van der Waals surface area contributed by atoms with Gasteiger partial charge in [0.05, 0.1) is 24.8 Å². The van der Waals surface area contributed by atoms with Gasteiger partial charge in [-0.1, -0.05) is 100 Å². The van der Waals surface area contributed by atoms with Crippen LogP contribution in [-0.2, 0) is 12.1 Å². The lowest BCUT2D eigenvalue weighted by Crippen LogP contribution is -2.72. The molecule has 5 heterocycles. The number of hydrogen-bond acceptors (Lipinski definition) is 1. The van der Waals surface area contributed by atoms with Gasteiger partial charge < -0.3 is 4.42 Å². The maximum atomic E-state index is 7.04. The lowest BCUT2D eigenvalue weighted by molar-refractivity contribution is -0.944. The second-order valence-electron chi connectivity index (χ2n) is 18.4. The Labute approximate surface area is 319 Å². The Morgan fingerprint density at radius 3 is 2.20 bits per heavy atom. The average Bonchev–Trinajstić information content (AvgIpc) is 3.80. The van der Waals surface area contributed by atoms with Gasteiger partial charge in [0, 0.05) is 22.0 Å². The van der Waals surface area contributed by atoms with Crippen LogP contribution < -0.4 is 14.3 Å². The number of aromatic nitrogens is 3. The summed E-state index contributed by atoms with van der Waals surface area (Å²) in [6.07, 6.45) is 3.62. The van der Waals surface area contributed by atoms with E-state index in [1.165, 1.54) is 77.7 Å². The summed E-state index contributed by atoms with van der Waals surface area (Å²) in [7, 11) is -1.83. The smallest absolute Gasteiger partial charge is 0.364 e. The number of para-hydroxylation sites is 3. The Kier molecular flexibility index (Phi) is 6.73. The number of benzene rings is 5. The first-order valence-corrected chi connectivity index (χ1v) is 23.0. The standard InChI is InChI=1S/C49H49N3OSi/c1-29-19-20-36-38(25-29)49(50-28-43(54(8,9)10)33(26-41(36)50)27-48(5,6)7)37-22-21-35-34-15-11-14-18-42(34)53-46(35)44(37)47-51(39-16-12-13-17-40(39)52(47)49)45-31(3)23-30(2)24-32(45)4/h11-26,28H,27H2,1-10H3/q+2. The molecular formula is C49H49N3OSi+2. The second kappa shape index (κ2) is 10.9. The molecule has 3 aromatic heterocycles. The van der Waals surface area contributed by atoms with E-state index in [4.69, 9.17) is 4.42 Å². The van der Waals surface area contributed by atoms with Crippen molar-refractivity contribution < 1.29 is 13.6 Å². The number of fused-ring (bicyclic) bond motifs is 16. The van der Waals surface area contributed by atoms with E-state index in [0.29, 0.717) is 0 Å². The van der Waals surface area contributed by atoms with E-state index in [1.807, 2.05) is 0 Å². The zero-order chi connectivity index (χ0) is 37.6. The van der Waals surface area contributed by atoms with Crippen LogP contribution in [0, 0.1) is 33.1 Å². The maximum absolute atomic E-state index is 7.04. The summed E-state index contributed by atoms with van der Waals surface area (Å²) in [6.45, 7) is 23.6. The molecule has 1 spiro atoms. The van der Waals surface area contributed by atoms with E-state index in [1.54, 1.807) is 0 Å². The van der Waals surface area contributed by atoms with Gasteiger partial charge in [-0.05, 0) is 98.7 Å². The first-order valence-electron chi connectivity index (χ1n) is 19.5. The van der Waals surface area contributed by atoms with Crippen LogP contribution in [0.5, 0.6) is 0 Å². The highest BCUT2D eigenvalue weighted by Crippen LogP contribution is 2.53. The second-order valence-corrected chi connectivity index (χ2v) is 23.4. The fourth-order valence-corrected chi connectivity index (χ4v) is 11.8. The van der Waals surface area contributed by atoms with Crippen molar-refractivity contribution in [3.05, 3.63) is 142 Å². The van der Waals surface area contributed by atoms with E-state index < -0.39 is 13.7 Å². The molecule has 5 heteroatoms. The van der Waals surface area contributed by atoms with Gasteiger partial charge >= 0.3 is 11.5 Å². The molecule has 0 fully saturated rings. The van der Waals surface area contributed by atoms with Gasteiger partial charge in [-0.3, -0.25) is 0 Å². The fourth-order valence-electron chi connectivity index (χ4n) is 10.2. The largest absolute Gasteiger partial charge is 0.455 e. The Bertz CT molecular complexity index is 2910. The molecule has 0 bridgehead atoms. The molecule has 8 aromatic rings. The summed E-state index contributed by atoms with van der Waals surface area (Å²) in [5.41, 5.74) is 17.8. The highest BCUT2D eigenvalue weighted by molar-refractivity contribution is 6.89. The third-order valence-electron chi connectivity index (χ3n) is 12.0. The van der Waals surface area contributed by atoms with E-state index in [2.05, 4.69) is 185 Å². The van der Waals surface area contributed by atoms with Crippen LogP contribution in [0.1, 0.15) is 59.7 Å². The zero-order valence-electron chi connectivity index (χ0n) is 33.3. The minimum absolute atomic E-state index is 0.158. The number of imidazole rings is 1. The van der Waals surface area contributed by atoms with Crippen molar-refractivity contribution in [3.8, 4) is 28.3 Å². The lowest BCUT2D eigenvalue weighted by atomic mass is 9.87. The Balaban J connectivity index is 1.47. The van der Waals surface area contributed by atoms with Crippen LogP contribution in [0.25, 0.3) is 61.3 Å². The molecule has 0 saturated heterocycles. The molecule has 2 aliphatic rings. The van der Waals surface area contributed by atoms with E-state index >= 15 is 0 Å². The minimum Gasteiger partial charge on any atom is -0.455 e. The molecule has 0 radical (unpaired) electrons. The number of nitrogens with zero attached hydrogens (tertiary/aromatic N) is 3. The molecule has 2 aliphatic heterocycles. The number of pyridine rings is 1. The van der Waals surface area contributed by atoms with Gasteiger partial charge in [0.15, 0.2) is 22.8 Å². The summed E-state index contributed by atoms with van der Waals surface area (Å²) < 4.78 is 15.0. The van der Waals surface area contributed by atoms with Crippen LogP contribution in [0.4, 0.5) is 0 Å². The Morgan fingerprint density at radius 1 is 0.741 bits per heavy atom. The van der Waals surface area contributed by atoms with Gasteiger partial charge in [0.25, 0.3) is 0 Å². The Morgan fingerprint density at radius 2 is 1.46 bits per heavy atom. The number of furan rings is 1. The van der Waals surface area contributed by atoms with E-state index in [9.17, 15) is 0 Å². The summed E-state index contributed by atoms with van der Waals surface area (Å²) in [5, 5.41) is 3.83. The van der Waals surface area contributed by atoms with Gasteiger partial charge in [0.2, 0.25) is 5.69 Å². The summed E-state index contributed by atoms with van der Waals surface area (Å²) in [4.78, 5) is 0. The van der Waals surface area contributed by atoms with Crippen LogP contribution in [0.3, 0.4) is 0 Å². The van der Waals surface area contributed by atoms with Gasteiger partial charge in [-0.15, -0.1) is 9.13 Å². The van der Waals surface area contributed by atoms with Crippen molar-refractivity contribution in [1.29, 1.82) is 0 Å². The molecule has 0 amide bonds. The number of hydrogen-bond donors (Lipinski definition) is 0. The molecule has 0 aliphatic carbocycles. The molecule has 5 aromatic carbocycles. The van der Waals surface area contributed by atoms with Crippen molar-refractivity contribution >= 4 is 46.2 Å². The van der Waals surface area contributed by atoms with E-state index in [0.717, 1.165) is 34.2 Å². The molecule has 4 nitrogen and oxygen atoms in total. The topological polar surface area (TPSA) is 25.8 Å². The van der Waals surface area contributed by atoms with Crippen molar-refractivity contribution in [2.45, 2.75) is 80.2 Å². The normalized spacial score (nSPS) is 16.1. The van der Waals surface area contributed by atoms with Gasteiger partial charge in [-0.2, -0.15) is 4.57 Å². The molecule has 1 atom stereocenters. The van der Waals surface area contributed by atoms with Crippen molar-refractivity contribution in [2.24, 2.45) is 5.41 Å². The highest BCUT2D eigenvalue weighted by atomic mass is 28.3. The first-order chi connectivity index (χ1) is 25.7. The molecule has 0 saturated carbocycles. The molecule has 268 valence electrons. The predicted molar refractivity (Wildman–Crippen MR) is 225 cm³/mol. The summed E-state index contributed by atoms with van der Waals surface area (Å²) in [5.74, 6) is 1.16. The van der Waals surface area contributed by atoms with Crippen LogP contribution in [0.15, 0.2) is 108 Å². The number of aryl methyl sites for hydroxylation is 4. The SMILES string of the molecule is Cc1cc(C)c(-n2c3[n+](c4ccccc42)C2(c4cc(C)ccc4-c4cc(CC(C)(C)C)c([Si](C)(C)C)c[n+]42)c2ccc4c(oc5ccccc54)c2-3)c(C)c1. The lowest BCUT2D eigenvalue weighted by Gasteiger charge is -2.26. The van der Waals surface area contributed by atoms with Crippen molar-refractivity contribution in [1.82, 2.24) is 4.57 Å². The van der Waals surface area contributed by atoms with Crippen LogP contribution in [-0.4, -0.2) is 12.6 Å². The third kappa shape index (κ3) is 4.36. The summed E-state index contributed by atoms with van der Waals surface area (Å²) >= 11 is 0. The molecule has 0 N–H and O–H groups in total. The highest BCUT2D eigenvalue weighted by Gasteiger charge is 2.67.